The molecule has 5 rings (SSSR count). The van der Waals surface area contributed by atoms with Crippen LogP contribution in [0.25, 0.3) is 22.4 Å². The quantitative estimate of drug-likeness (QED) is 0.330. The summed E-state index contributed by atoms with van der Waals surface area (Å²) in [7, 11) is 1.61. The summed E-state index contributed by atoms with van der Waals surface area (Å²) >= 11 is 1.59. The van der Waals surface area contributed by atoms with Gasteiger partial charge < -0.3 is 21.1 Å². The Kier molecular flexibility index (Phi) is 7.49. The van der Waals surface area contributed by atoms with E-state index in [0.29, 0.717) is 24.9 Å². The van der Waals surface area contributed by atoms with Crippen LogP contribution in [0.5, 0.6) is 0 Å². The number of benzene rings is 1. The van der Waals surface area contributed by atoms with Crippen molar-refractivity contribution < 1.29 is 19.1 Å². The van der Waals surface area contributed by atoms with Crippen molar-refractivity contribution in [3.8, 4) is 22.4 Å². The number of aromatic nitrogens is 1. The lowest BCUT2D eigenvalue weighted by molar-refractivity contribution is -0.117. The van der Waals surface area contributed by atoms with E-state index in [-0.39, 0.29) is 17.9 Å². The lowest BCUT2D eigenvalue weighted by Crippen LogP contribution is -2.50. The molecule has 2 heterocycles. The van der Waals surface area contributed by atoms with Gasteiger partial charge in [-0.05, 0) is 65.6 Å². The predicted molar refractivity (Wildman–Crippen MR) is 148 cm³/mol. The highest BCUT2D eigenvalue weighted by molar-refractivity contribution is 7.08. The summed E-state index contributed by atoms with van der Waals surface area (Å²) in [6.45, 7) is 0. The second-order valence-electron chi connectivity index (χ2n) is 10.7. The number of nitrogens with two attached hydrogens (primary N) is 1. The normalized spacial score (nSPS) is 24.9. The Bertz CT molecular complexity index is 1280. The van der Waals surface area contributed by atoms with E-state index in [1.165, 1.54) is 4.90 Å². The summed E-state index contributed by atoms with van der Waals surface area (Å²) in [4.78, 5) is 30.2. The average molecular weight is 537 g/mol. The van der Waals surface area contributed by atoms with Gasteiger partial charge in [0.05, 0.1) is 17.6 Å². The molecule has 2 aliphatic carbocycles. The summed E-state index contributed by atoms with van der Waals surface area (Å²) in [6.07, 6.45) is 4.26. The summed E-state index contributed by atoms with van der Waals surface area (Å²) in [5, 5.41) is 16.3. The van der Waals surface area contributed by atoms with E-state index in [4.69, 9.17) is 10.7 Å². The van der Waals surface area contributed by atoms with Crippen LogP contribution in [-0.4, -0.2) is 46.3 Å². The van der Waals surface area contributed by atoms with Gasteiger partial charge in [0, 0.05) is 49.0 Å². The number of hydrogen-bond donors (Lipinski definition) is 3. The zero-order chi connectivity index (χ0) is 26.9. The molecule has 0 aliphatic heterocycles. The fourth-order valence-electron chi connectivity index (χ4n) is 5.69. The number of hydrogen-bond acceptors (Lipinski definition) is 5. The molecule has 0 spiro atoms. The van der Waals surface area contributed by atoms with E-state index in [1.807, 2.05) is 41.8 Å². The highest BCUT2D eigenvalue weighted by atomic mass is 32.1. The smallest absolute Gasteiger partial charge is 0.407 e. The van der Waals surface area contributed by atoms with Gasteiger partial charge in [0.1, 0.15) is 6.17 Å². The molecule has 2 aliphatic rings. The van der Waals surface area contributed by atoms with E-state index < -0.39 is 17.8 Å². The van der Waals surface area contributed by atoms with Crippen LogP contribution in [-0.2, 0) is 10.3 Å². The van der Waals surface area contributed by atoms with Gasteiger partial charge in [-0.25, -0.2) is 9.18 Å². The molecule has 38 heavy (non-hydrogen) atoms. The number of carboxylic acid groups (broad SMARTS) is 1. The zero-order valence-corrected chi connectivity index (χ0v) is 22.2. The SMILES string of the molecule is CN(C(=O)O)C1CCC(CC(=O)Nc2cnc(-c3ccc(C4(N)CC(F)C4)cc3)c(-c3ccsc3)c2)CC1. The summed E-state index contributed by atoms with van der Waals surface area (Å²) < 4.78 is 13.4. The van der Waals surface area contributed by atoms with Gasteiger partial charge in [0.2, 0.25) is 5.91 Å². The van der Waals surface area contributed by atoms with Crippen molar-refractivity contribution in [1.29, 1.82) is 0 Å². The Morgan fingerprint density at radius 2 is 1.87 bits per heavy atom. The largest absolute Gasteiger partial charge is 0.465 e. The van der Waals surface area contributed by atoms with Crippen molar-refractivity contribution in [2.45, 2.75) is 62.7 Å². The van der Waals surface area contributed by atoms with Crippen molar-refractivity contribution in [2.24, 2.45) is 11.7 Å². The van der Waals surface area contributed by atoms with Crippen LogP contribution < -0.4 is 11.1 Å². The number of rotatable bonds is 7. The molecule has 2 amide bonds. The molecule has 0 radical (unpaired) electrons. The first kappa shape index (κ1) is 26.3. The molecular formula is C29H33FN4O3S. The maximum absolute atomic E-state index is 13.4. The third kappa shape index (κ3) is 5.59. The predicted octanol–water partition coefficient (Wildman–Crippen LogP) is 6.26. The Hall–Kier alpha value is -3.30. The molecule has 7 nitrogen and oxygen atoms in total. The van der Waals surface area contributed by atoms with Crippen LogP contribution in [0.3, 0.4) is 0 Å². The standard InChI is InChI=1S/C29H33FN4O3S/c1-34(28(36)37)24-8-2-18(3-9-24)12-26(35)33-23-13-25(20-10-11-38-17-20)27(32-16-23)19-4-6-21(7-5-19)29(31)14-22(30)15-29/h4-7,10-11,13,16-18,22,24H,2-3,8-9,12,14-15,31H2,1H3,(H,33,35)(H,36,37). The summed E-state index contributed by atoms with van der Waals surface area (Å²) in [5.41, 5.74) is 11.0. The van der Waals surface area contributed by atoms with Crippen LogP contribution >= 0.6 is 11.3 Å². The number of carbonyl (C=O) groups excluding carboxylic acids is 1. The van der Waals surface area contributed by atoms with Crippen molar-refractivity contribution in [3.05, 3.63) is 58.9 Å². The molecular weight excluding hydrogens is 503 g/mol. The van der Waals surface area contributed by atoms with Gasteiger partial charge in [0.25, 0.3) is 0 Å². The number of anilines is 1. The fraction of sp³-hybridized carbons (Fsp3) is 0.414. The molecule has 2 saturated carbocycles. The number of alkyl halides is 1. The van der Waals surface area contributed by atoms with Gasteiger partial charge in [-0.2, -0.15) is 11.3 Å². The molecule has 9 heteroatoms. The molecule has 0 bridgehead atoms. The highest BCUT2D eigenvalue weighted by Gasteiger charge is 2.42. The van der Waals surface area contributed by atoms with E-state index in [0.717, 1.165) is 53.6 Å². The number of amides is 2. The second kappa shape index (κ2) is 10.8. The molecule has 4 N–H and O–H groups in total. The number of nitrogens with zero attached hydrogens (tertiary/aromatic N) is 2. The van der Waals surface area contributed by atoms with E-state index in [9.17, 15) is 19.1 Å². The topological polar surface area (TPSA) is 109 Å². The lowest BCUT2D eigenvalue weighted by atomic mass is 9.71. The minimum atomic E-state index is -0.906. The van der Waals surface area contributed by atoms with Crippen LogP contribution in [0.2, 0.25) is 0 Å². The molecule has 0 unspecified atom stereocenters. The number of halogens is 1. The Labute approximate surface area is 225 Å². The monoisotopic (exact) mass is 536 g/mol. The van der Waals surface area contributed by atoms with Crippen LogP contribution in [0, 0.1) is 5.92 Å². The number of pyridine rings is 1. The summed E-state index contributed by atoms with van der Waals surface area (Å²) in [6, 6.07) is 11.9. The van der Waals surface area contributed by atoms with Crippen LogP contribution in [0.1, 0.15) is 50.5 Å². The molecule has 2 aromatic heterocycles. The van der Waals surface area contributed by atoms with Crippen LogP contribution in [0.15, 0.2) is 53.4 Å². The highest BCUT2D eigenvalue weighted by Crippen LogP contribution is 2.42. The Morgan fingerprint density at radius 3 is 2.47 bits per heavy atom. The van der Waals surface area contributed by atoms with Gasteiger partial charge in [-0.15, -0.1) is 0 Å². The molecule has 0 saturated heterocycles. The number of thiophene rings is 1. The first-order chi connectivity index (χ1) is 18.2. The van der Waals surface area contributed by atoms with Gasteiger partial charge in [-0.3, -0.25) is 9.78 Å². The summed E-state index contributed by atoms with van der Waals surface area (Å²) in [5.74, 6) is 0.180. The van der Waals surface area contributed by atoms with E-state index in [2.05, 4.69) is 10.7 Å². The fourth-order valence-corrected chi connectivity index (χ4v) is 6.35. The van der Waals surface area contributed by atoms with Crippen molar-refractivity contribution >= 4 is 29.0 Å². The Balaban J connectivity index is 1.28. The Morgan fingerprint density at radius 1 is 1.16 bits per heavy atom. The van der Waals surface area contributed by atoms with Crippen molar-refractivity contribution in [1.82, 2.24) is 9.88 Å². The first-order valence-corrected chi connectivity index (χ1v) is 14.0. The van der Waals surface area contributed by atoms with Gasteiger partial charge in [0.15, 0.2) is 0 Å². The maximum Gasteiger partial charge on any atom is 0.407 e. The average Bonchev–Trinajstić information content (AvgIpc) is 3.43. The second-order valence-corrected chi connectivity index (χ2v) is 11.5. The van der Waals surface area contributed by atoms with Gasteiger partial charge in [-0.1, -0.05) is 24.3 Å². The van der Waals surface area contributed by atoms with E-state index in [1.54, 1.807) is 24.6 Å². The molecule has 2 fully saturated rings. The number of nitrogens with one attached hydrogen (secondary N) is 1. The minimum Gasteiger partial charge on any atom is -0.465 e. The molecule has 200 valence electrons. The molecule has 1 aromatic carbocycles. The third-order valence-electron chi connectivity index (χ3n) is 8.05. The zero-order valence-electron chi connectivity index (χ0n) is 21.4. The number of carbonyl (C=O) groups is 2. The minimum absolute atomic E-state index is 0.0236. The van der Waals surface area contributed by atoms with Crippen LogP contribution in [0.4, 0.5) is 14.9 Å². The first-order valence-electron chi connectivity index (χ1n) is 13.0. The molecule has 0 atom stereocenters. The van der Waals surface area contributed by atoms with Crippen molar-refractivity contribution in [3.63, 3.8) is 0 Å². The lowest BCUT2D eigenvalue weighted by Gasteiger charge is -2.41. The van der Waals surface area contributed by atoms with Crippen molar-refractivity contribution in [2.75, 3.05) is 12.4 Å². The maximum atomic E-state index is 13.4. The molecule has 3 aromatic rings. The van der Waals surface area contributed by atoms with Gasteiger partial charge >= 0.3 is 6.09 Å². The third-order valence-corrected chi connectivity index (χ3v) is 8.73. The van der Waals surface area contributed by atoms with E-state index >= 15 is 0 Å².